The summed E-state index contributed by atoms with van der Waals surface area (Å²) in [7, 11) is -2.81. The first kappa shape index (κ1) is 20.7. The van der Waals surface area contributed by atoms with Crippen LogP contribution in [-0.4, -0.2) is 28.0 Å². The molecule has 1 amide bonds. The van der Waals surface area contributed by atoms with Crippen LogP contribution in [0.1, 0.15) is 17.3 Å². The molecule has 0 aliphatic carbocycles. The number of nitrogens with zero attached hydrogens (tertiary/aromatic N) is 1. The van der Waals surface area contributed by atoms with Gasteiger partial charge in [-0.1, -0.05) is 12.1 Å². The molecule has 1 N–H and O–H groups in total. The fraction of sp³-hybridized carbons (Fsp3) is 0.136. The van der Waals surface area contributed by atoms with E-state index in [2.05, 4.69) is 4.72 Å². The lowest BCUT2D eigenvalue weighted by Crippen LogP contribution is -2.29. The van der Waals surface area contributed by atoms with Crippen LogP contribution in [0.2, 0.25) is 0 Å². The Balaban J connectivity index is 1.70. The van der Waals surface area contributed by atoms with Gasteiger partial charge in [-0.2, -0.15) is 0 Å². The first-order valence-corrected chi connectivity index (χ1v) is 10.9. The average molecular weight is 442 g/mol. The van der Waals surface area contributed by atoms with Crippen molar-refractivity contribution in [3.05, 3.63) is 72.0 Å². The van der Waals surface area contributed by atoms with E-state index in [1.807, 2.05) is 13.0 Å². The zero-order valence-corrected chi connectivity index (χ0v) is 17.6. The number of ether oxygens (including phenoxy) is 2. The number of nitrogens with one attached hydrogen (secondary N) is 1. The third kappa shape index (κ3) is 3.79. The van der Waals surface area contributed by atoms with Gasteiger partial charge in [-0.3, -0.25) is 9.52 Å². The van der Waals surface area contributed by atoms with Gasteiger partial charge in [0.2, 0.25) is 0 Å². The number of amides is 1. The van der Waals surface area contributed by atoms with Crippen molar-refractivity contribution in [3.8, 4) is 17.2 Å². The fourth-order valence-electron chi connectivity index (χ4n) is 3.33. The third-order valence-corrected chi connectivity index (χ3v) is 6.21. The smallest absolute Gasteiger partial charge is 0.262 e. The molecule has 0 unspecified atom stereocenters. The van der Waals surface area contributed by atoms with Crippen LogP contribution in [-0.2, 0) is 10.0 Å². The summed E-state index contributed by atoms with van der Waals surface area (Å²) < 4.78 is 52.5. The highest BCUT2D eigenvalue weighted by molar-refractivity contribution is 7.92. The highest BCUT2D eigenvalue weighted by Crippen LogP contribution is 2.39. The lowest BCUT2D eigenvalue weighted by molar-refractivity contribution is 0.0988. The minimum absolute atomic E-state index is 0.0639. The van der Waals surface area contributed by atoms with Crippen molar-refractivity contribution in [2.75, 3.05) is 23.3 Å². The summed E-state index contributed by atoms with van der Waals surface area (Å²) in [6.45, 7) is 2.24. The van der Waals surface area contributed by atoms with Crippen molar-refractivity contribution in [3.63, 3.8) is 0 Å². The highest BCUT2D eigenvalue weighted by atomic mass is 32.2. The molecular weight excluding hydrogens is 423 g/mol. The Morgan fingerprint density at radius 1 is 1.06 bits per heavy atom. The van der Waals surface area contributed by atoms with E-state index in [1.54, 1.807) is 23.1 Å². The summed E-state index contributed by atoms with van der Waals surface area (Å²) in [5.41, 5.74) is 0.982. The summed E-state index contributed by atoms with van der Waals surface area (Å²) in [5, 5.41) is 0. The minimum Gasteiger partial charge on any atom is -0.494 e. The van der Waals surface area contributed by atoms with E-state index >= 15 is 0 Å². The van der Waals surface area contributed by atoms with E-state index in [0.29, 0.717) is 23.7 Å². The third-order valence-electron chi connectivity index (χ3n) is 4.83. The van der Waals surface area contributed by atoms with Crippen LogP contribution >= 0.6 is 0 Å². The number of benzene rings is 3. The van der Waals surface area contributed by atoms with E-state index < -0.39 is 15.8 Å². The van der Waals surface area contributed by atoms with Gasteiger partial charge in [-0.25, -0.2) is 12.8 Å². The zero-order chi connectivity index (χ0) is 22.2. The SMILES string of the molecule is CCN1C(=O)c2cc(NS(=O)(=O)c3ccc(OC)c(F)c3)ccc2Oc2ccccc21. The van der Waals surface area contributed by atoms with Crippen LogP contribution in [0.3, 0.4) is 0 Å². The Morgan fingerprint density at radius 3 is 2.55 bits per heavy atom. The number of fused-ring (bicyclic) bond motifs is 2. The number of halogens is 1. The maximum atomic E-state index is 14.0. The molecule has 9 heteroatoms. The first-order chi connectivity index (χ1) is 14.8. The van der Waals surface area contributed by atoms with E-state index in [1.165, 1.54) is 37.4 Å². The molecule has 3 aromatic carbocycles. The van der Waals surface area contributed by atoms with Crippen molar-refractivity contribution in [2.45, 2.75) is 11.8 Å². The number of anilines is 2. The molecule has 0 radical (unpaired) electrons. The number of hydrogen-bond donors (Lipinski definition) is 1. The van der Waals surface area contributed by atoms with Gasteiger partial charge in [0.15, 0.2) is 17.3 Å². The number of carbonyl (C=O) groups is 1. The molecule has 0 fully saturated rings. The summed E-state index contributed by atoms with van der Waals surface area (Å²) in [5.74, 6) is -0.345. The number of methoxy groups -OCH3 is 1. The van der Waals surface area contributed by atoms with Gasteiger partial charge in [0.1, 0.15) is 5.75 Å². The van der Waals surface area contributed by atoms with Crippen LogP contribution in [0, 0.1) is 5.82 Å². The van der Waals surface area contributed by atoms with E-state index in [9.17, 15) is 17.6 Å². The molecular formula is C22H19FN2O5S. The Morgan fingerprint density at radius 2 is 1.84 bits per heavy atom. The van der Waals surface area contributed by atoms with Crippen molar-refractivity contribution in [2.24, 2.45) is 0 Å². The van der Waals surface area contributed by atoms with E-state index in [4.69, 9.17) is 9.47 Å². The lowest BCUT2D eigenvalue weighted by Gasteiger charge is -2.20. The highest BCUT2D eigenvalue weighted by Gasteiger charge is 2.28. The van der Waals surface area contributed by atoms with Crippen LogP contribution < -0.4 is 19.1 Å². The van der Waals surface area contributed by atoms with Gasteiger partial charge in [0.25, 0.3) is 15.9 Å². The molecule has 3 aromatic rings. The van der Waals surface area contributed by atoms with Gasteiger partial charge in [0.05, 0.1) is 23.3 Å². The first-order valence-electron chi connectivity index (χ1n) is 9.43. The van der Waals surface area contributed by atoms with E-state index in [0.717, 1.165) is 6.07 Å². The summed E-state index contributed by atoms with van der Waals surface area (Å²) in [6, 6.07) is 14.9. The number of para-hydroxylation sites is 2. The second-order valence-corrected chi connectivity index (χ2v) is 8.41. The monoisotopic (exact) mass is 442 g/mol. The predicted molar refractivity (Wildman–Crippen MR) is 114 cm³/mol. The molecule has 0 saturated heterocycles. The predicted octanol–water partition coefficient (Wildman–Crippen LogP) is 4.41. The molecule has 0 atom stereocenters. The molecule has 0 bridgehead atoms. The van der Waals surface area contributed by atoms with Gasteiger partial charge in [-0.15, -0.1) is 0 Å². The Labute approximate surface area is 179 Å². The van der Waals surface area contributed by atoms with Crippen LogP contribution in [0.25, 0.3) is 0 Å². The molecule has 160 valence electrons. The lowest BCUT2D eigenvalue weighted by atomic mass is 10.1. The molecule has 1 aliphatic rings. The van der Waals surface area contributed by atoms with Crippen LogP contribution in [0.15, 0.2) is 65.6 Å². The summed E-state index contributed by atoms with van der Waals surface area (Å²) in [4.78, 5) is 14.4. The maximum absolute atomic E-state index is 14.0. The van der Waals surface area contributed by atoms with Crippen LogP contribution in [0.4, 0.5) is 15.8 Å². The largest absolute Gasteiger partial charge is 0.494 e. The average Bonchev–Trinajstić information content (AvgIpc) is 2.87. The van der Waals surface area contributed by atoms with E-state index in [-0.39, 0.29) is 27.8 Å². The number of hydrogen-bond acceptors (Lipinski definition) is 5. The zero-order valence-electron chi connectivity index (χ0n) is 16.8. The van der Waals surface area contributed by atoms with Crippen molar-refractivity contribution in [1.29, 1.82) is 0 Å². The summed E-state index contributed by atoms with van der Waals surface area (Å²) in [6.07, 6.45) is 0. The second kappa shape index (κ2) is 7.92. The number of carbonyl (C=O) groups excluding carboxylic acids is 1. The molecule has 0 aromatic heterocycles. The standard InChI is InChI=1S/C22H19FN2O5S/c1-3-25-18-6-4-5-7-21(18)30-19-10-8-14(12-16(19)22(25)26)24-31(27,28)15-9-11-20(29-2)17(23)13-15/h4-13,24H,3H2,1-2H3. The van der Waals surface area contributed by atoms with Gasteiger partial charge >= 0.3 is 0 Å². The minimum atomic E-state index is -4.10. The molecule has 4 rings (SSSR count). The normalized spacial score (nSPS) is 13.0. The topological polar surface area (TPSA) is 84.9 Å². The maximum Gasteiger partial charge on any atom is 0.262 e. The molecule has 0 saturated carbocycles. The number of sulfonamides is 1. The number of rotatable bonds is 5. The second-order valence-electron chi connectivity index (χ2n) is 6.73. The molecule has 0 spiro atoms. The molecule has 1 aliphatic heterocycles. The molecule has 7 nitrogen and oxygen atoms in total. The van der Waals surface area contributed by atoms with Crippen molar-refractivity contribution in [1.82, 2.24) is 0 Å². The quantitative estimate of drug-likeness (QED) is 0.633. The molecule has 1 heterocycles. The van der Waals surface area contributed by atoms with Gasteiger partial charge < -0.3 is 14.4 Å². The van der Waals surface area contributed by atoms with Crippen molar-refractivity contribution < 1.29 is 27.1 Å². The summed E-state index contributed by atoms with van der Waals surface area (Å²) >= 11 is 0. The van der Waals surface area contributed by atoms with Crippen molar-refractivity contribution >= 4 is 27.3 Å². The fourth-order valence-corrected chi connectivity index (χ4v) is 4.39. The molecule has 31 heavy (non-hydrogen) atoms. The Kier molecular flexibility index (Phi) is 5.28. The van der Waals surface area contributed by atoms with Crippen LogP contribution in [0.5, 0.6) is 17.2 Å². The Bertz CT molecular complexity index is 1280. The Hall–Kier alpha value is -3.59. The van der Waals surface area contributed by atoms with Gasteiger partial charge in [-0.05, 0) is 55.5 Å². The van der Waals surface area contributed by atoms with Gasteiger partial charge in [0, 0.05) is 12.2 Å².